The van der Waals surface area contributed by atoms with E-state index in [2.05, 4.69) is 15.3 Å². The molecule has 98 valence electrons. The number of thiocarbonyl (C=S) groups is 1. The fraction of sp³-hybridized carbons (Fsp3) is 0.583. The van der Waals surface area contributed by atoms with Gasteiger partial charge in [0.25, 0.3) is 0 Å². The smallest absolute Gasteiger partial charge is 0.223 e. The van der Waals surface area contributed by atoms with Gasteiger partial charge in [0, 0.05) is 18.8 Å². The highest BCUT2D eigenvalue weighted by Gasteiger charge is 2.14. The second-order valence-corrected chi connectivity index (χ2v) is 4.99. The first-order valence-electron chi connectivity index (χ1n) is 6.12. The number of nitrogens with one attached hydrogen (secondary N) is 1. The summed E-state index contributed by atoms with van der Waals surface area (Å²) in [7, 11) is 0. The van der Waals surface area contributed by atoms with Crippen LogP contribution in [0.2, 0.25) is 0 Å². The number of rotatable bonds is 4. The van der Waals surface area contributed by atoms with Crippen molar-refractivity contribution in [1.82, 2.24) is 9.97 Å². The zero-order valence-electron chi connectivity index (χ0n) is 10.5. The van der Waals surface area contributed by atoms with Crippen molar-refractivity contribution in [2.45, 2.75) is 19.8 Å². The van der Waals surface area contributed by atoms with Gasteiger partial charge in [-0.2, -0.15) is 0 Å². The maximum Gasteiger partial charge on any atom is 0.223 e. The van der Waals surface area contributed by atoms with Crippen LogP contribution in [0.1, 0.15) is 24.2 Å². The fourth-order valence-corrected chi connectivity index (χ4v) is 2.08. The third-order valence-electron chi connectivity index (χ3n) is 2.91. The van der Waals surface area contributed by atoms with Crippen LogP contribution < -0.4 is 11.1 Å². The third kappa shape index (κ3) is 3.61. The number of aryl methyl sites for hydroxylation is 1. The first-order valence-corrected chi connectivity index (χ1v) is 6.53. The molecule has 6 heteroatoms. The Kier molecular flexibility index (Phi) is 4.43. The number of hydrogen-bond donors (Lipinski definition) is 2. The van der Waals surface area contributed by atoms with Gasteiger partial charge in [0.1, 0.15) is 10.7 Å². The zero-order valence-corrected chi connectivity index (χ0v) is 11.3. The Morgan fingerprint density at radius 1 is 1.61 bits per heavy atom. The quantitative estimate of drug-likeness (QED) is 0.799. The number of nitrogens with zero attached hydrogens (tertiary/aromatic N) is 2. The SMILES string of the molecule is Cc1cc(C(N)=S)nc(NCC2CCCOC2)n1. The third-order valence-corrected chi connectivity index (χ3v) is 3.12. The lowest BCUT2D eigenvalue weighted by atomic mass is 10.0. The molecule has 1 aromatic rings. The van der Waals surface area contributed by atoms with Gasteiger partial charge in [0.05, 0.1) is 6.61 Å². The summed E-state index contributed by atoms with van der Waals surface area (Å²) in [6.07, 6.45) is 2.31. The Labute approximate surface area is 112 Å². The molecule has 5 nitrogen and oxygen atoms in total. The Morgan fingerprint density at radius 3 is 3.11 bits per heavy atom. The number of nitrogens with two attached hydrogens (primary N) is 1. The molecule has 0 aliphatic carbocycles. The van der Waals surface area contributed by atoms with Crippen molar-refractivity contribution < 1.29 is 4.74 Å². The molecule has 18 heavy (non-hydrogen) atoms. The summed E-state index contributed by atoms with van der Waals surface area (Å²) in [5, 5.41) is 3.23. The van der Waals surface area contributed by atoms with Crippen molar-refractivity contribution in [2.24, 2.45) is 11.7 Å². The minimum Gasteiger partial charge on any atom is -0.388 e. The first kappa shape index (κ1) is 13.2. The second-order valence-electron chi connectivity index (χ2n) is 4.55. The summed E-state index contributed by atoms with van der Waals surface area (Å²) in [6.45, 7) is 4.41. The van der Waals surface area contributed by atoms with Gasteiger partial charge in [-0.1, -0.05) is 12.2 Å². The van der Waals surface area contributed by atoms with Crippen LogP contribution in [0, 0.1) is 12.8 Å². The molecule has 1 fully saturated rings. The van der Waals surface area contributed by atoms with Gasteiger partial charge in [-0.3, -0.25) is 0 Å². The van der Waals surface area contributed by atoms with Crippen LogP contribution >= 0.6 is 12.2 Å². The first-order chi connectivity index (χ1) is 8.65. The van der Waals surface area contributed by atoms with Crippen molar-refractivity contribution in [3.8, 4) is 0 Å². The molecule has 1 aliphatic rings. The summed E-state index contributed by atoms with van der Waals surface area (Å²) in [5.41, 5.74) is 7.05. The molecule has 0 bridgehead atoms. The lowest BCUT2D eigenvalue weighted by Crippen LogP contribution is -2.25. The Morgan fingerprint density at radius 2 is 2.44 bits per heavy atom. The summed E-state index contributed by atoms with van der Waals surface area (Å²) in [5.74, 6) is 1.11. The van der Waals surface area contributed by atoms with Crippen molar-refractivity contribution in [3.05, 3.63) is 17.5 Å². The maximum absolute atomic E-state index is 5.58. The average Bonchev–Trinajstić information content (AvgIpc) is 2.37. The molecular formula is C12H18N4OS. The molecule has 1 atom stereocenters. The van der Waals surface area contributed by atoms with Gasteiger partial charge in [0.15, 0.2) is 0 Å². The second kappa shape index (κ2) is 6.06. The Balaban J connectivity index is 1.97. The van der Waals surface area contributed by atoms with Crippen molar-refractivity contribution in [3.63, 3.8) is 0 Å². The van der Waals surface area contributed by atoms with Crippen LogP contribution in [-0.2, 0) is 4.74 Å². The van der Waals surface area contributed by atoms with E-state index in [0.29, 0.717) is 22.5 Å². The molecule has 0 aromatic carbocycles. The molecular weight excluding hydrogens is 248 g/mol. The van der Waals surface area contributed by atoms with Gasteiger partial charge < -0.3 is 15.8 Å². The average molecular weight is 266 g/mol. The predicted molar refractivity (Wildman–Crippen MR) is 74.7 cm³/mol. The minimum atomic E-state index is 0.296. The largest absolute Gasteiger partial charge is 0.388 e. The van der Waals surface area contributed by atoms with Crippen molar-refractivity contribution >= 4 is 23.2 Å². The van der Waals surface area contributed by atoms with Crippen LogP contribution in [0.4, 0.5) is 5.95 Å². The highest BCUT2D eigenvalue weighted by Crippen LogP contribution is 2.14. The van der Waals surface area contributed by atoms with E-state index in [4.69, 9.17) is 22.7 Å². The molecule has 1 saturated heterocycles. The number of hydrogen-bond acceptors (Lipinski definition) is 5. The van der Waals surface area contributed by atoms with Crippen LogP contribution in [0.25, 0.3) is 0 Å². The lowest BCUT2D eigenvalue weighted by molar-refractivity contribution is 0.0594. The molecule has 2 rings (SSSR count). The van der Waals surface area contributed by atoms with Crippen LogP contribution in [0.3, 0.4) is 0 Å². The van der Waals surface area contributed by atoms with Gasteiger partial charge in [0.2, 0.25) is 5.95 Å². The molecule has 1 aromatic heterocycles. The highest BCUT2D eigenvalue weighted by molar-refractivity contribution is 7.80. The number of aromatic nitrogens is 2. The van der Waals surface area contributed by atoms with Crippen LogP contribution in [-0.4, -0.2) is 34.7 Å². The molecule has 0 saturated carbocycles. The summed E-state index contributed by atoms with van der Waals surface area (Å²) in [4.78, 5) is 8.91. The topological polar surface area (TPSA) is 73.1 Å². The van der Waals surface area contributed by atoms with E-state index in [1.807, 2.05) is 6.92 Å². The monoisotopic (exact) mass is 266 g/mol. The van der Waals surface area contributed by atoms with Crippen molar-refractivity contribution in [1.29, 1.82) is 0 Å². The lowest BCUT2D eigenvalue weighted by Gasteiger charge is -2.22. The van der Waals surface area contributed by atoms with Crippen LogP contribution in [0.5, 0.6) is 0 Å². The number of ether oxygens (including phenoxy) is 1. The standard InChI is InChI=1S/C12H18N4OS/c1-8-5-10(11(13)18)16-12(15-8)14-6-9-3-2-4-17-7-9/h5,9H,2-4,6-7H2,1H3,(H2,13,18)(H,14,15,16). The molecule has 1 aliphatic heterocycles. The minimum absolute atomic E-state index is 0.296. The van der Waals surface area contributed by atoms with E-state index in [1.54, 1.807) is 6.07 Å². The number of anilines is 1. The van der Waals surface area contributed by atoms with E-state index >= 15 is 0 Å². The van der Waals surface area contributed by atoms with Gasteiger partial charge in [-0.25, -0.2) is 9.97 Å². The van der Waals surface area contributed by atoms with E-state index in [-0.39, 0.29) is 0 Å². The summed E-state index contributed by atoms with van der Waals surface area (Å²) in [6, 6.07) is 1.79. The van der Waals surface area contributed by atoms with Gasteiger partial charge in [-0.05, 0) is 31.7 Å². The zero-order chi connectivity index (χ0) is 13.0. The highest BCUT2D eigenvalue weighted by atomic mass is 32.1. The van der Waals surface area contributed by atoms with Crippen LogP contribution in [0.15, 0.2) is 6.07 Å². The van der Waals surface area contributed by atoms with E-state index in [1.165, 1.54) is 6.42 Å². The summed E-state index contributed by atoms with van der Waals surface area (Å²) >= 11 is 4.93. The molecule has 0 radical (unpaired) electrons. The van der Waals surface area contributed by atoms with E-state index in [0.717, 1.165) is 31.9 Å². The molecule has 0 amide bonds. The summed E-state index contributed by atoms with van der Waals surface area (Å²) < 4.78 is 5.43. The normalized spacial score (nSPS) is 19.5. The van der Waals surface area contributed by atoms with Crippen molar-refractivity contribution in [2.75, 3.05) is 25.1 Å². The molecule has 1 unspecified atom stereocenters. The van der Waals surface area contributed by atoms with Gasteiger partial charge in [-0.15, -0.1) is 0 Å². The molecule has 3 N–H and O–H groups in total. The maximum atomic E-state index is 5.58. The molecule has 0 spiro atoms. The predicted octanol–water partition coefficient (Wildman–Crippen LogP) is 1.26. The van der Waals surface area contributed by atoms with Gasteiger partial charge >= 0.3 is 0 Å². The van der Waals surface area contributed by atoms with E-state index in [9.17, 15) is 0 Å². The molecule has 2 heterocycles. The van der Waals surface area contributed by atoms with E-state index < -0.39 is 0 Å². The Bertz CT molecular complexity index is 432. The fourth-order valence-electron chi connectivity index (χ4n) is 1.98. The Hall–Kier alpha value is -1.27.